The van der Waals surface area contributed by atoms with E-state index in [0.717, 1.165) is 18.9 Å². The van der Waals surface area contributed by atoms with Gasteiger partial charge in [-0.25, -0.2) is 4.39 Å². The van der Waals surface area contributed by atoms with Crippen LogP contribution in [0.1, 0.15) is 32.6 Å². The van der Waals surface area contributed by atoms with Crippen molar-refractivity contribution in [2.45, 2.75) is 51.0 Å². The molecule has 0 aliphatic carbocycles. The number of alkyl halides is 5. The molecule has 2 atom stereocenters. The van der Waals surface area contributed by atoms with Gasteiger partial charge in [-0.15, -0.1) is 0 Å². The van der Waals surface area contributed by atoms with E-state index in [1.165, 1.54) is 0 Å². The first-order valence-electron chi connectivity index (χ1n) is 8.60. The molecule has 1 heterocycles. The monoisotopic (exact) mass is 432 g/mol. The van der Waals surface area contributed by atoms with Crippen molar-refractivity contribution in [2.75, 3.05) is 6.61 Å². The smallest absolute Gasteiger partial charge is 0.424 e. The highest BCUT2D eigenvalue weighted by atomic mass is 35.5. The van der Waals surface area contributed by atoms with Crippen LogP contribution >= 0.6 is 11.6 Å². The molecule has 10 heteroatoms. The molecule has 1 aliphatic rings. The molecule has 0 bridgehead atoms. The normalized spacial score (nSPS) is 21.1. The van der Waals surface area contributed by atoms with E-state index >= 15 is 0 Å². The molecule has 1 aromatic rings. The van der Waals surface area contributed by atoms with Gasteiger partial charge in [0, 0.05) is 12.1 Å². The maximum absolute atomic E-state index is 14.3. The van der Waals surface area contributed by atoms with Crippen LogP contribution in [0.3, 0.4) is 0 Å². The number of rotatable bonds is 7. The van der Waals surface area contributed by atoms with Crippen LogP contribution in [0.15, 0.2) is 24.5 Å². The lowest BCUT2D eigenvalue weighted by atomic mass is 9.94. The fourth-order valence-corrected chi connectivity index (χ4v) is 3.06. The molecular formula is C18H19ClF6O3. The summed E-state index contributed by atoms with van der Waals surface area (Å²) in [6.45, 7) is 2.18. The molecule has 1 fully saturated rings. The Kier molecular flexibility index (Phi) is 7.50. The van der Waals surface area contributed by atoms with E-state index in [-0.39, 0.29) is 31.3 Å². The standard InChI is InChI=1S/C18H19ClF6O3/c1-2-3-11-4-5-15(27-10-11)18(24,25)28-12-8-13(19)16(14(20)9-12)26-7-6-17(21,22)23/h6-9,11,15H,2-5,10H2,1H3/b7-6+. The van der Waals surface area contributed by atoms with Gasteiger partial charge in [-0.2, -0.15) is 22.0 Å². The Balaban J connectivity index is 2.04. The number of halogens is 7. The van der Waals surface area contributed by atoms with E-state index in [1.54, 1.807) is 0 Å². The first-order chi connectivity index (χ1) is 13.0. The second-order valence-corrected chi connectivity index (χ2v) is 6.80. The Morgan fingerprint density at radius 2 is 1.93 bits per heavy atom. The van der Waals surface area contributed by atoms with E-state index < -0.39 is 40.7 Å². The number of benzene rings is 1. The van der Waals surface area contributed by atoms with Gasteiger partial charge in [0.15, 0.2) is 17.7 Å². The van der Waals surface area contributed by atoms with Crippen molar-refractivity contribution in [1.29, 1.82) is 0 Å². The number of hydrogen-bond acceptors (Lipinski definition) is 3. The number of allylic oxidation sites excluding steroid dienone is 1. The summed E-state index contributed by atoms with van der Waals surface area (Å²) in [5.74, 6) is -2.38. The summed E-state index contributed by atoms with van der Waals surface area (Å²) >= 11 is 5.72. The zero-order valence-electron chi connectivity index (χ0n) is 14.9. The molecule has 2 unspecified atom stereocenters. The van der Waals surface area contributed by atoms with Crippen LogP contribution in [-0.2, 0) is 4.74 Å². The highest BCUT2D eigenvalue weighted by Gasteiger charge is 2.45. The topological polar surface area (TPSA) is 27.7 Å². The molecule has 0 spiro atoms. The van der Waals surface area contributed by atoms with Gasteiger partial charge in [-0.1, -0.05) is 24.9 Å². The van der Waals surface area contributed by atoms with Crippen molar-refractivity contribution in [1.82, 2.24) is 0 Å². The minimum atomic E-state index is -4.66. The minimum Gasteiger partial charge on any atom is -0.460 e. The molecule has 0 amide bonds. The SMILES string of the molecule is CCCC1CCC(C(F)(F)Oc2cc(F)c(O/C=C/C(F)(F)F)c(Cl)c2)OC1. The first kappa shape index (κ1) is 22.7. The van der Waals surface area contributed by atoms with E-state index in [2.05, 4.69) is 9.47 Å². The van der Waals surface area contributed by atoms with Gasteiger partial charge in [0.05, 0.1) is 24.0 Å². The summed E-state index contributed by atoms with van der Waals surface area (Å²) in [7, 11) is 0. The summed E-state index contributed by atoms with van der Waals surface area (Å²) in [6.07, 6.45) is -7.51. The highest BCUT2D eigenvalue weighted by Crippen LogP contribution is 2.38. The largest absolute Gasteiger partial charge is 0.460 e. The van der Waals surface area contributed by atoms with E-state index in [0.29, 0.717) is 12.5 Å². The Morgan fingerprint density at radius 1 is 1.21 bits per heavy atom. The first-order valence-corrected chi connectivity index (χ1v) is 8.98. The minimum absolute atomic E-state index is 0.0807. The van der Waals surface area contributed by atoms with Crippen LogP contribution in [0.2, 0.25) is 5.02 Å². The lowest BCUT2D eigenvalue weighted by Crippen LogP contribution is -2.44. The molecule has 1 aliphatic heterocycles. The number of hydrogen-bond donors (Lipinski definition) is 0. The second-order valence-electron chi connectivity index (χ2n) is 6.40. The second kappa shape index (κ2) is 9.26. The van der Waals surface area contributed by atoms with Crippen molar-refractivity contribution in [3.05, 3.63) is 35.3 Å². The molecule has 2 rings (SSSR count). The fourth-order valence-electron chi connectivity index (χ4n) is 2.82. The summed E-state index contributed by atoms with van der Waals surface area (Å²) in [5, 5.41) is -0.523. The molecule has 28 heavy (non-hydrogen) atoms. The molecule has 0 aromatic heterocycles. The average molecular weight is 433 g/mol. The van der Waals surface area contributed by atoms with Crippen molar-refractivity contribution < 1.29 is 40.6 Å². The van der Waals surface area contributed by atoms with E-state index in [9.17, 15) is 26.3 Å². The van der Waals surface area contributed by atoms with Crippen LogP contribution in [-0.4, -0.2) is 25.0 Å². The van der Waals surface area contributed by atoms with E-state index in [4.69, 9.17) is 16.3 Å². The molecule has 0 saturated carbocycles. The van der Waals surface area contributed by atoms with Gasteiger partial charge in [-0.3, -0.25) is 0 Å². The molecule has 158 valence electrons. The van der Waals surface area contributed by atoms with Crippen LogP contribution in [0.4, 0.5) is 26.3 Å². The van der Waals surface area contributed by atoms with Crippen LogP contribution < -0.4 is 9.47 Å². The van der Waals surface area contributed by atoms with Gasteiger partial charge >= 0.3 is 12.3 Å². The summed E-state index contributed by atoms with van der Waals surface area (Å²) in [5.41, 5.74) is 0. The van der Waals surface area contributed by atoms with Crippen molar-refractivity contribution in [3.8, 4) is 11.5 Å². The van der Waals surface area contributed by atoms with Crippen molar-refractivity contribution in [2.24, 2.45) is 5.92 Å². The predicted octanol–water partition coefficient (Wildman–Crippen LogP) is 6.50. The maximum atomic E-state index is 14.3. The zero-order chi connectivity index (χ0) is 20.9. The Labute approximate surface area is 163 Å². The quantitative estimate of drug-likeness (QED) is 0.363. The molecule has 0 N–H and O–H groups in total. The highest BCUT2D eigenvalue weighted by molar-refractivity contribution is 6.32. The van der Waals surface area contributed by atoms with E-state index in [1.807, 2.05) is 6.92 Å². The summed E-state index contributed by atoms with van der Waals surface area (Å²) in [4.78, 5) is 0. The molecule has 0 radical (unpaired) electrons. The van der Waals surface area contributed by atoms with Gasteiger partial charge in [-0.05, 0) is 25.2 Å². The third kappa shape index (κ3) is 6.48. The molecule has 1 saturated heterocycles. The Hall–Kier alpha value is -1.61. The van der Waals surface area contributed by atoms with Crippen LogP contribution in [0, 0.1) is 11.7 Å². The van der Waals surface area contributed by atoms with Gasteiger partial charge in [0.1, 0.15) is 5.75 Å². The summed E-state index contributed by atoms with van der Waals surface area (Å²) in [6, 6.07) is 1.39. The predicted molar refractivity (Wildman–Crippen MR) is 90.2 cm³/mol. The Morgan fingerprint density at radius 3 is 2.46 bits per heavy atom. The van der Waals surface area contributed by atoms with Crippen molar-refractivity contribution in [3.63, 3.8) is 0 Å². The Bertz CT molecular complexity index is 661. The third-order valence-corrected chi connectivity index (χ3v) is 4.39. The van der Waals surface area contributed by atoms with Crippen molar-refractivity contribution >= 4 is 11.6 Å². The van der Waals surface area contributed by atoms with Gasteiger partial charge in [0.25, 0.3) is 0 Å². The lowest BCUT2D eigenvalue weighted by molar-refractivity contribution is -0.265. The molecular weight excluding hydrogens is 414 g/mol. The van der Waals surface area contributed by atoms with Gasteiger partial charge < -0.3 is 14.2 Å². The zero-order valence-corrected chi connectivity index (χ0v) is 15.6. The average Bonchev–Trinajstić information content (AvgIpc) is 2.57. The van der Waals surface area contributed by atoms with Gasteiger partial charge in [0.2, 0.25) is 0 Å². The lowest BCUT2D eigenvalue weighted by Gasteiger charge is -2.33. The van der Waals surface area contributed by atoms with Crippen LogP contribution in [0.5, 0.6) is 11.5 Å². The fraction of sp³-hybridized carbons (Fsp3) is 0.556. The molecule has 1 aromatic carbocycles. The summed E-state index contributed by atoms with van der Waals surface area (Å²) < 4.78 is 93.1. The molecule has 3 nitrogen and oxygen atoms in total. The van der Waals surface area contributed by atoms with Crippen LogP contribution in [0.25, 0.3) is 0 Å². The maximum Gasteiger partial charge on any atom is 0.424 e. The third-order valence-electron chi connectivity index (χ3n) is 4.11. The number of ether oxygens (including phenoxy) is 3.